The first kappa shape index (κ1) is 21.7. The molecule has 32 heavy (non-hydrogen) atoms. The van der Waals surface area contributed by atoms with Crippen molar-refractivity contribution in [1.29, 1.82) is 0 Å². The molecule has 3 aromatic rings. The highest BCUT2D eigenvalue weighted by molar-refractivity contribution is 5.94. The Bertz CT molecular complexity index is 1120. The van der Waals surface area contributed by atoms with Crippen LogP contribution < -0.4 is 14.8 Å². The van der Waals surface area contributed by atoms with Crippen LogP contribution in [0.15, 0.2) is 42.7 Å². The first-order valence-corrected chi connectivity index (χ1v) is 10.6. The maximum Gasteiger partial charge on any atom is 0.254 e. The van der Waals surface area contributed by atoms with Crippen LogP contribution in [0.3, 0.4) is 0 Å². The molecule has 0 bridgehead atoms. The summed E-state index contributed by atoms with van der Waals surface area (Å²) in [5.41, 5.74) is 2.22. The van der Waals surface area contributed by atoms with Crippen molar-refractivity contribution in [3.8, 4) is 22.8 Å². The second-order valence-electron chi connectivity index (χ2n) is 8.78. The molecule has 3 heterocycles. The lowest BCUT2D eigenvalue weighted by molar-refractivity contribution is 0.0708. The Hall–Kier alpha value is -3.55. The Kier molecular flexibility index (Phi) is 5.78. The van der Waals surface area contributed by atoms with Crippen molar-refractivity contribution in [2.75, 3.05) is 26.1 Å². The van der Waals surface area contributed by atoms with Crippen molar-refractivity contribution in [3.05, 3.63) is 54.1 Å². The van der Waals surface area contributed by atoms with E-state index in [1.54, 1.807) is 38.7 Å². The average molecular weight is 436 g/mol. The zero-order chi connectivity index (χ0) is 22.9. The first-order chi connectivity index (χ1) is 15.3. The van der Waals surface area contributed by atoms with Gasteiger partial charge in [-0.25, -0.2) is 4.98 Å². The summed E-state index contributed by atoms with van der Waals surface area (Å²) >= 11 is 0. The number of anilines is 1. The van der Waals surface area contributed by atoms with Crippen LogP contribution in [0.2, 0.25) is 0 Å². The van der Waals surface area contributed by atoms with E-state index in [9.17, 15) is 4.79 Å². The van der Waals surface area contributed by atoms with Gasteiger partial charge in [0.05, 0.1) is 20.8 Å². The maximum absolute atomic E-state index is 13.0. The Morgan fingerprint density at radius 1 is 1.03 bits per heavy atom. The molecule has 8 heteroatoms. The molecule has 0 saturated heterocycles. The Balaban J connectivity index is 1.73. The summed E-state index contributed by atoms with van der Waals surface area (Å²) in [4.78, 5) is 23.8. The molecule has 8 nitrogen and oxygen atoms in total. The van der Waals surface area contributed by atoms with Gasteiger partial charge in [-0.15, -0.1) is 0 Å². The van der Waals surface area contributed by atoms with E-state index in [0.717, 1.165) is 22.9 Å². The Labute approximate surface area is 188 Å². The first-order valence-electron chi connectivity index (χ1n) is 10.6. The predicted molar refractivity (Wildman–Crippen MR) is 123 cm³/mol. The van der Waals surface area contributed by atoms with E-state index >= 15 is 0 Å². The lowest BCUT2D eigenvalue weighted by Crippen LogP contribution is -2.39. The quantitative estimate of drug-likeness (QED) is 0.656. The number of hydrogen-bond donors (Lipinski definition) is 1. The monoisotopic (exact) mass is 435 g/mol. The lowest BCUT2D eigenvalue weighted by atomic mass is 10.1. The summed E-state index contributed by atoms with van der Waals surface area (Å²) in [7, 11) is 3.24. The number of amides is 1. The van der Waals surface area contributed by atoms with Gasteiger partial charge in [-0.3, -0.25) is 9.78 Å². The number of ether oxygens (including phenoxy) is 2. The van der Waals surface area contributed by atoms with Crippen LogP contribution in [0.1, 0.15) is 37.0 Å². The number of imidazole rings is 1. The second kappa shape index (κ2) is 8.53. The molecule has 0 aliphatic carbocycles. The number of nitrogens with one attached hydrogen (secondary N) is 1. The highest BCUT2D eigenvalue weighted by atomic mass is 16.5. The van der Waals surface area contributed by atoms with Crippen molar-refractivity contribution in [2.24, 2.45) is 0 Å². The lowest BCUT2D eigenvalue weighted by Gasteiger charge is -2.30. The van der Waals surface area contributed by atoms with E-state index in [1.165, 1.54) is 0 Å². The topological polar surface area (TPSA) is 81.5 Å². The number of pyridine rings is 1. The average Bonchev–Trinajstić information content (AvgIpc) is 3.14. The summed E-state index contributed by atoms with van der Waals surface area (Å²) in [6.45, 7) is 8.06. The van der Waals surface area contributed by atoms with Gasteiger partial charge in [0.25, 0.3) is 5.91 Å². The summed E-state index contributed by atoms with van der Waals surface area (Å²) in [6, 6.07) is 9.27. The van der Waals surface area contributed by atoms with Crippen LogP contribution in [-0.2, 0) is 13.1 Å². The molecule has 0 spiro atoms. The molecule has 1 amide bonds. The zero-order valence-electron chi connectivity index (χ0n) is 19.2. The van der Waals surface area contributed by atoms with Crippen LogP contribution >= 0.6 is 0 Å². The number of carbonyl (C=O) groups excluding carboxylic acids is 1. The highest BCUT2D eigenvalue weighted by Gasteiger charge is 2.29. The molecule has 168 valence electrons. The van der Waals surface area contributed by atoms with Gasteiger partial charge in [0, 0.05) is 42.1 Å². The fourth-order valence-corrected chi connectivity index (χ4v) is 3.85. The van der Waals surface area contributed by atoms with Crippen LogP contribution in [0.5, 0.6) is 11.5 Å². The largest absolute Gasteiger partial charge is 0.493 e. The van der Waals surface area contributed by atoms with E-state index < -0.39 is 0 Å². The SMILES string of the molecule is COc1ccc(-c2nc3n(c2NC(C)(C)C)CCN(C(=O)c2ccncc2)C3)cc1OC. The van der Waals surface area contributed by atoms with E-state index in [2.05, 4.69) is 35.6 Å². The number of carbonyl (C=O) groups is 1. The maximum atomic E-state index is 13.0. The van der Waals surface area contributed by atoms with Crippen LogP contribution in [0.4, 0.5) is 5.82 Å². The number of aromatic nitrogens is 3. The van der Waals surface area contributed by atoms with Crippen molar-refractivity contribution < 1.29 is 14.3 Å². The van der Waals surface area contributed by atoms with Crippen molar-refractivity contribution >= 4 is 11.7 Å². The fraction of sp³-hybridized carbons (Fsp3) is 0.375. The number of hydrogen-bond acceptors (Lipinski definition) is 6. The second-order valence-corrected chi connectivity index (χ2v) is 8.78. The molecule has 1 aliphatic heterocycles. The Morgan fingerprint density at radius 2 is 1.75 bits per heavy atom. The van der Waals surface area contributed by atoms with Crippen molar-refractivity contribution in [3.63, 3.8) is 0 Å². The fourth-order valence-electron chi connectivity index (χ4n) is 3.85. The minimum absolute atomic E-state index is 0.0142. The van der Waals surface area contributed by atoms with E-state index in [1.807, 2.05) is 23.1 Å². The molecular formula is C24H29N5O3. The normalized spacial score (nSPS) is 13.5. The Morgan fingerprint density at radius 3 is 2.41 bits per heavy atom. The van der Waals surface area contributed by atoms with Gasteiger partial charge in [-0.05, 0) is 51.1 Å². The molecule has 2 aromatic heterocycles. The minimum Gasteiger partial charge on any atom is -0.493 e. The molecular weight excluding hydrogens is 406 g/mol. The number of nitrogens with zero attached hydrogens (tertiary/aromatic N) is 4. The van der Waals surface area contributed by atoms with E-state index in [4.69, 9.17) is 14.5 Å². The molecule has 1 N–H and O–H groups in total. The summed E-state index contributed by atoms with van der Waals surface area (Å²) in [5, 5.41) is 3.61. The third-order valence-corrected chi connectivity index (χ3v) is 5.34. The molecule has 1 aliphatic rings. The predicted octanol–water partition coefficient (Wildman–Crippen LogP) is 3.83. The smallest absolute Gasteiger partial charge is 0.254 e. The number of rotatable bonds is 5. The van der Waals surface area contributed by atoms with Gasteiger partial charge in [-0.2, -0.15) is 0 Å². The molecule has 0 fully saturated rings. The summed E-state index contributed by atoms with van der Waals surface area (Å²) < 4.78 is 13.1. The van der Waals surface area contributed by atoms with Gasteiger partial charge in [0.2, 0.25) is 0 Å². The van der Waals surface area contributed by atoms with Crippen LogP contribution in [0, 0.1) is 0 Å². The van der Waals surface area contributed by atoms with Crippen LogP contribution in [0.25, 0.3) is 11.3 Å². The number of fused-ring (bicyclic) bond motifs is 1. The summed E-state index contributed by atoms with van der Waals surface area (Å²) in [5.74, 6) is 3.08. The van der Waals surface area contributed by atoms with Gasteiger partial charge >= 0.3 is 0 Å². The molecule has 0 saturated carbocycles. The third-order valence-electron chi connectivity index (χ3n) is 5.34. The van der Waals surface area contributed by atoms with Crippen molar-refractivity contribution in [2.45, 2.75) is 39.4 Å². The molecule has 4 rings (SSSR count). The van der Waals surface area contributed by atoms with Crippen LogP contribution in [-0.4, -0.2) is 51.6 Å². The number of benzene rings is 1. The molecule has 0 radical (unpaired) electrons. The van der Waals surface area contributed by atoms with Gasteiger partial charge < -0.3 is 24.3 Å². The van der Waals surface area contributed by atoms with E-state index in [-0.39, 0.29) is 11.4 Å². The number of methoxy groups -OCH3 is 2. The summed E-state index contributed by atoms with van der Waals surface area (Å²) in [6.07, 6.45) is 3.28. The standard InChI is InChI=1S/C24H29N5O3/c1-24(2,3)27-22-21(17-6-7-18(31-4)19(14-17)32-5)26-20-15-28(12-13-29(20)22)23(30)16-8-10-25-11-9-16/h6-11,14,27H,12-13,15H2,1-5H3. The van der Waals surface area contributed by atoms with Gasteiger partial charge in [0.1, 0.15) is 17.3 Å². The zero-order valence-corrected chi connectivity index (χ0v) is 19.2. The molecule has 1 aromatic carbocycles. The third kappa shape index (κ3) is 4.26. The molecule has 0 atom stereocenters. The van der Waals surface area contributed by atoms with E-state index in [0.29, 0.717) is 36.7 Å². The van der Waals surface area contributed by atoms with Gasteiger partial charge in [0.15, 0.2) is 11.5 Å². The highest BCUT2D eigenvalue weighted by Crippen LogP contribution is 2.37. The van der Waals surface area contributed by atoms with Crippen molar-refractivity contribution in [1.82, 2.24) is 19.4 Å². The molecule has 0 unspecified atom stereocenters. The van der Waals surface area contributed by atoms with Gasteiger partial charge in [-0.1, -0.05) is 0 Å². The minimum atomic E-state index is -0.161.